The molecule has 1 aliphatic rings. The first kappa shape index (κ1) is 11.6. The van der Waals surface area contributed by atoms with E-state index >= 15 is 0 Å². The summed E-state index contributed by atoms with van der Waals surface area (Å²) in [5.74, 6) is 0.628. The second-order valence-electron chi connectivity index (χ2n) is 4.61. The van der Waals surface area contributed by atoms with Gasteiger partial charge in [-0.3, -0.25) is 0 Å². The topological polar surface area (TPSA) is 29.0 Å². The Bertz CT molecular complexity index is 533. The molecule has 0 unspecified atom stereocenters. The van der Waals surface area contributed by atoms with Crippen LogP contribution in [0.15, 0.2) is 24.3 Å². The highest BCUT2D eigenvalue weighted by molar-refractivity contribution is 7.09. The number of hydrogen-bond acceptors (Lipinski definition) is 4. The summed E-state index contributed by atoms with van der Waals surface area (Å²) in [5.41, 5.74) is 1.11. The number of rotatable bonds is 4. The number of aromatic nitrogens is 2. The van der Waals surface area contributed by atoms with Gasteiger partial charge in [-0.1, -0.05) is 12.1 Å². The van der Waals surface area contributed by atoms with Crippen LogP contribution in [0.5, 0.6) is 0 Å². The summed E-state index contributed by atoms with van der Waals surface area (Å²) in [6.07, 6.45) is 2.42. The summed E-state index contributed by atoms with van der Waals surface area (Å²) in [7, 11) is 0. The van der Waals surface area contributed by atoms with E-state index in [9.17, 15) is 4.39 Å². The van der Waals surface area contributed by atoms with Crippen molar-refractivity contribution in [3.63, 3.8) is 0 Å². The molecule has 3 rings (SSSR count). The minimum atomic E-state index is -0.191. The van der Waals surface area contributed by atoms with E-state index in [2.05, 4.69) is 14.3 Å². The van der Waals surface area contributed by atoms with E-state index in [0.717, 1.165) is 23.1 Å². The molecular formula is C13H14FN3S. The summed E-state index contributed by atoms with van der Waals surface area (Å²) in [5, 5.41) is 0.972. The summed E-state index contributed by atoms with van der Waals surface area (Å²) >= 11 is 1.44. The molecular weight excluding hydrogens is 249 g/mol. The lowest BCUT2D eigenvalue weighted by Gasteiger charge is -2.20. The van der Waals surface area contributed by atoms with Gasteiger partial charge in [-0.05, 0) is 37.5 Å². The predicted molar refractivity (Wildman–Crippen MR) is 70.3 cm³/mol. The zero-order valence-electron chi connectivity index (χ0n) is 10.1. The number of nitrogens with zero attached hydrogens (tertiary/aromatic N) is 3. The Labute approximate surface area is 109 Å². The van der Waals surface area contributed by atoms with Crippen molar-refractivity contribution in [3.8, 4) is 0 Å². The lowest BCUT2D eigenvalue weighted by Crippen LogP contribution is -2.24. The van der Waals surface area contributed by atoms with Crippen molar-refractivity contribution in [3.05, 3.63) is 41.5 Å². The second kappa shape index (κ2) is 4.65. The standard InChI is InChI=1S/C13H14FN3S/c1-9-15-13(18-16-9)17(12-6-7-12)8-10-2-4-11(14)5-3-10/h2-5,12H,6-8H2,1H3. The molecule has 1 fully saturated rings. The predicted octanol–water partition coefficient (Wildman–Crippen LogP) is 3.15. The fraction of sp³-hybridized carbons (Fsp3) is 0.385. The SMILES string of the molecule is Cc1nsc(N(Cc2ccc(F)cc2)C2CC2)n1. The molecule has 2 aromatic rings. The molecule has 1 aromatic carbocycles. The fourth-order valence-corrected chi connectivity index (χ4v) is 2.67. The zero-order valence-corrected chi connectivity index (χ0v) is 11.0. The molecule has 0 amide bonds. The number of aryl methyl sites for hydroxylation is 1. The summed E-state index contributed by atoms with van der Waals surface area (Å²) in [4.78, 5) is 6.72. The molecule has 5 heteroatoms. The molecule has 1 aliphatic carbocycles. The Morgan fingerprint density at radius 3 is 2.61 bits per heavy atom. The molecule has 1 saturated carbocycles. The van der Waals surface area contributed by atoms with Gasteiger partial charge in [-0.25, -0.2) is 9.37 Å². The van der Waals surface area contributed by atoms with Crippen molar-refractivity contribution in [1.82, 2.24) is 9.36 Å². The lowest BCUT2D eigenvalue weighted by molar-refractivity contribution is 0.626. The van der Waals surface area contributed by atoms with Gasteiger partial charge < -0.3 is 4.90 Å². The maximum Gasteiger partial charge on any atom is 0.205 e. The van der Waals surface area contributed by atoms with Gasteiger partial charge in [-0.15, -0.1) is 0 Å². The highest BCUT2D eigenvalue weighted by Gasteiger charge is 2.31. The highest BCUT2D eigenvalue weighted by Crippen LogP contribution is 2.33. The van der Waals surface area contributed by atoms with Gasteiger partial charge >= 0.3 is 0 Å². The molecule has 1 aromatic heterocycles. The summed E-state index contributed by atoms with van der Waals surface area (Å²) in [6.45, 7) is 2.68. The monoisotopic (exact) mass is 263 g/mol. The van der Waals surface area contributed by atoms with E-state index in [1.165, 1.54) is 36.5 Å². The van der Waals surface area contributed by atoms with Gasteiger partial charge in [0, 0.05) is 24.1 Å². The van der Waals surface area contributed by atoms with Gasteiger partial charge in [0.1, 0.15) is 11.6 Å². The van der Waals surface area contributed by atoms with Crippen molar-refractivity contribution in [1.29, 1.82) is 0 Å². The van der Waals surface area contributed by atoms with E-state index in [0.29, 0.717) is 6.04 Å². The van der Waals surface area contributed by atoms with Gasteiger partial charge in [0.25, 0.3) is 0 Å². The Balaban J connectivity index is 1.80. The van der Waals surface area contributed by atoms with Gasteiger partial charge in [0.2, 0.25) is 5.13 Å². The smallest absolute Gasteiger partial charge is 0.205 e. The largest absolute Gasteiger partial charge is 0.340 e. The Hall–Kier alpha value is -1.49. The Morgan fingerprint density at radius 1 is 1.33 bits per heavy atom. The van der Waals surface area contributed by atoms with Crippen LogP contribution in [-0.2, 0) is 6.54 Å². The highest BCUT2D eigenvalue weighted by atomic mass is 32.1. The zero-order chi connectivity index (χ0) is 12.5. The van der Waals surface area contributed by atoms with Crippen LogP contribution in [0, 0.1) is 12.7 Å². The molecule has 0 aliphatic heterocycles. The maximum absolute atomic E-state index is 12.9. The van der Waals surface area contributed by atoms with Crippen LogP contribution in [0.3, 0.4) is 0 Å². The van der Waals surface area contributed by atoms with Crippen LogP contribution >= 0.6 is 11.5 Å². The molecule has 0 spiro atoms. The first-order valence-electron chi connectivity index (χ1n) is 6.04. The minimum absolute atomic E-state index is 0.191. The molecule has 0 saturated heterocycles. The van der Waals surface area contributed by atoms with Crippen molar-refractivity contribution in [2.45, 2.75) is 32.4 Å². The normalized spacial score (nSPS) is 14.8. The van der Waals surface area contributed by atoms with E-state index in [4.69, 9.17) is 0 Å². The van der Waals surface area contributed by atoms with Crippen LogP contribution < -0.4 is 4.90 Å². The molecule has 3 nitrogen and oxygen atoms in total. The van der Waals surface area contributed by atoms with E-state index in [1.54, 1.807) is 0 Å². The van der Waals surface area contributed by atoms with Crippen LogP contribution in [0.4, 0.5) is 9.52 Å². The Morgan fingerprint density at radius 2 is 2.06 bits per heavy atom. The van der Waals surface area contributed by atoms with E-state index in [1.807, 2.05) is 19.1 Å². The third-order valence-electron chi connectivity index (χ3n) is 3.02. The molecule has 94 valence electrons. The second-order valence-corrected chi connectivity index (χ2v) is 5.34. The lowest BCUT2D eigenvalue weighted by atomic mass is 10.2. The van der Waals surface area contributed by atoms with Crippen molar-refractivity contribution >= 4 is 16.7 Å². The average molecular weight is 263 g/mol. The molecule has 0 N–H and O–H groups in total. The first-order valence-corrected chi connectivity index (χ1v) is 6.81. The first-order chi connectivity index (χ1) is 8.72. The molecule has 0 bridgehead atoms. The van der Waals surface area contributed by atoms with Gasteiger partial charge in [0.05, 0.1) is 0 Å². The molecule has 1 heterocycles. The van der Waals surface area contributed by atoms with Crippen molar-refractivity contribution in [2.75, 3.05) is 4.90 Å². The van der Waals surface area contributed by atoms with Crippen molar-refractivity contribution < 1.29 is 4.39 Å². The average Bonchev–Trinajstić information content (AvgIpc) is 3.11. The van der Waals surface area contributed by atoms with Crippen LogP contribution in [0.1, 0.15) is 24.2 Å². The Kier molecular flexibility index (Phi) is 2.99. The van der Waals surface area contributed by atoms with Gasteiger partial charge in [-0.2, -0.15) is 4.37 Å². The number of hydrogen-bond donors (Lipinski definition) is 0. The molecule has 0 atom stereocenters. The van der Waals surface area contributed by atoms with Gasteiger partial charge in [0.15, 0.2) is 0 Å². The third kappa shape index (κ3) is 2.51. The quantitative estimate of drug-likeness (QED) is 0.848. The number of benzene rings is 1. The van der Waals surface area contributed by atoms with Crippen LogP contribution in [0.25, 0.3) is 0 Å². The molecule has 0 radical (unpaired) electrons. The molecule has 18 heavy (non-hydrogen) atoms. The van der Waals surface area contributed by atoms with E-state index in [-0.39, 0.29) is 5.82 Å². The van der Waals surface area contributed by atoms with Crippen LogP contribution in [0.2, 0.25) is 0 Å². The summed E-state index contributed by atoms with van der Waals surface area (Å²) in [6, 6.07) is 7.25. The maximum atomic E-state index is 12.9. The number of anilines is 1. The van der Waals surface area contributed by atoms with Crippen LogP contribution in [-0.4, -0.2) is 15.4 Å². The summed E-state index contributed by atoms with van der Waals surface area (Å²) < 4.78 is 17.1. The third-order valence-corrected chi connectivity index (χ3v) is 3.86. The fourth-order valence-electron chi connectivity index (χ4n) is 1.93. The van der Waals surface area contributed by atoms with Crippen molar-refractivity contribution in [2.24, 2.45) is 0 Å². The minimum Gasteiger partial charge on any atom is -0.340 e. The number of halogens is 1. The van der Waals surface area contributed by atoms with E-state index < -0.39 is 0 Å².